The van der Waals surface area contributed by atoms with Gasteiger partial charge in [0, 0.05) is 14.5 Å². The monoisotopic (exact) mass is 398 g/mol. The Balaban J connectivity index is 2.04. The van der Waals surface area contributed by atoms with Crippen LogP contribution < -0.4 is 0 Å². The SMILES string of the molecule is Clc1ccc(C(Cl)c2ccc3cc(Br)ccc3c2)c(Cl)c1. The lowest BCUT2D eigenvalue weighted by Gasteiger charge is -2.13. The van der Waals surface area contributed by atoms with Crippen LogP contribution in [0.5, 0.6) is 0 Å². The lowest BCUT2D eigenvalue weighted by molar-refractivity contribution is 1.15. The van der Waals surface area contributed by atoms with Gasteiger partial charge in [0.25, 0.3) is 0 Å². The highest BCUT2D eigenvalue weighted by molar-refractivity contribution is 9.10. The molecule has 1 unspecified atom stereocenters. The highest BCUT2D eigenvalue weighted by atomic mass is 79.9. The molecule has 0 nitrogen and oxygen atoms in total. The van der Waals surface area contributed by atoms with Crippen molar-refractivity contribution in [2.75, 3.05) is 0 Å². The number of hydrogen-bond donors (Lipinski definition) is 0. The quantitative estimate of drug-likeness (QED) is 0.398. The van der Waals surface area contributed by atoms with E-state index in [1.54, 1.807) is 12.1 Å². The van der Waals surface area contributed by atoms with Gasteiger partial charge in [-0.15, -0.1) is 11.6 Å². The zero-order chi connectivity index (χ0) is 15.0. The molecule has 0 aliphatic carbocycles. The minimum absolute atomic E-state index is 0.303. The largest absolute Gasteiger partial charge is 0.113 e. The Hall–Kier alpha value is -0.730. The van der Waals surface area contributed by atoms with Crippen molar-refractivity contribution in [3.8, 4) is 0 Å². The van der Waals surface area contributed by atoms with Gasteiger partial charge in [0.1, 0.15) is 0 Å². The highest BCUT2D eigenvalue weighted by Gasteiger charge is 2.15. The molecule has 4 heteroatoms. The van der Waals surface area contributed by atoms with E-state index >= 15 is 0 Å². The molecule has 21 heavy (non-hydrogen) atoms. The minimum Gasteiger partial charge on any atom is -0.113 e. The predicted molar refractivity (Wildman–Crippen MR) is 95.8 cm³/mol. The van der Waals surface area contributed by atoms with Gasteiger partial charge in [-0.05, 0) is 52.2 Å². The second kappa shape index (κ2) is 6.18. The first-order valence-electron chi connectivity index (χ1n) is 6.33. The fraction of sp³-hybridized carbons (Fsp3) is 0.0588. The first-order chi connectivity index (χ1) is 10.0. The number of hydrogen-bond acceptors (Lipinski definition) is 0. The molecule has 106 valence electrons. The first-order valence-corrected chi connectivity index (χ1v) is 8.31. The molecule has 0 bridgehead atoms. The van der Waals surface area contributed by atoms with Crippen molar-refractivity contribution in [3.63, 3.8) is 0 Å². The average Bonchev–Trinajstić information content (AvgIpc) is 2.46. The van der Waals surface area contributed by atoms with Gasteiger partial charge in [0.15, 0.2) is 0 Å². The smallest absolute Gasteiger partial charge is 0.0850 e. The van der Waals surface area contributed by atoms with Crippen molar-refractivity contribution in [1.82, 2.24) is 0 Å². The van der Waals surface area contributed by atoms with Crippen LogP contribution in [0.25, 0.3) is 10.8 Å². The van der Waals surface area contributed by atoms with E-state index in [-0.39, 0.29) is 5.38 Å². The summed E-state index contributed by atoms with van der Waals surface area (Å²) in [5, 5.41) is 3.20. The third-order valence-corrected chi connectivity index (χ3v) is 4.90. The van der Waals surface area contributed by atoms with Crippen molar-refractivity contribution in [2.45, 2.75) is 5.38 Å². The summed E-state index contributed by atoms with van der Waals surface area (Å²) in [6.45, 7) is 0. The molecule has 0 N–H and O–H groups in total. The van der Waals surface area contributed by atoms with E-state index in [4.69, 9.17) is 34.8 Å². The summed E-state index contributed by atoms with van der Waals surface area (Å²) >= 11 is 22.2. The van der Waals surface area contributed by atoms with Crippen LogP contribution >= 0.6 is 50.7 Å². The molecule has 3 aromatic carbocycles. The van der Waals surface area contributed by atoms with Gasteiger partial charge in [-0.2, -0.15) is 0 Å². The minimum atomic E-state index is -0.303. The van der Waals surface area contributed by atoms with E-state index in [0.717, 1.165) is 21.0 Å². The third kappa shape index (κ3) is 3.22. The van der Waals surface area contributed by atoms with Crippen molar-refractivity contribution < 1.29 is 0 Å². The van der Waals surface area contributed by atoms with E-state index in [0.29, 0.717) is 10.0 Å². The molecule has 0 saturated heterocycles. The molecular weight excluding hydrogens is 390 g/mol. The number of fused-ring (bicyclic) bond motifs is 1. The summed E-state index contributed by atoms with van der Waals surface area (Å²) in [6, 6.07) is 17.7. The zero-order valence-electron chi connectivity index (χ0n) is 10.8. The van der Waals surface area contributed by atoms with Crippen molar-refractivity contribution in [2.24, 2.45) is 0 Å². The molecule has 1 atom stereocenters. The topological polar surface area (TPSA) is 0 Å². The van der Waals surface area contributed by atoms with Crippen LogP contribution in [-0.4, -0.2) is 0 Å². The molecule has 0 aromatic heterocycles. The van der Waals surface area contributed by atoms with Gasteiger partial charge in [-0.1, -0.05) is 63.4 Å². The molecule has 0 aliphatic rings. The van der Waals surface area contributed by atoms with Crippen LogP contribution in [-0.2, 0) is 0 Å². The van der Waals surface area contributed by atoms with Crippen LogP contribution in [0.1, 0.15) is 16.5 Å². The molecular formula is C17H10BrCl3. The third-order valence-electron chi connectivity index (χ3n) is 3.35. The van der Waals surface area contributed by atoms with E-state index in [1.165, 1.54) is 5.39 Å². The summed E-state index contributed by atoms with van der Waals surface area (Å²) in [7, 11) is 0. The Kier molecular flexibility index (Phi) is 4.46. The average molecular weight is 401 g/mol. The summed E-state index contributed by atoms with van der Waals surface area (Å²) in [5.74, 6) is 0. The molecule has 0 fully saturated rings. The fourth-order valence-corrected chi connectivity index (χ4v) is 3.56. The van der Waals surface area contributed by atoms with Gasteiger partial charge in [-0.3, -0.25) is 0 Å². The van der Waals surface area contributed by atoms with Crippen LogP contribution in [0, 0.1) is 0 Å². The number of benzene rings is 3. The molecule has 0 radical (unpaired) electrons. The maximum Gasteiger partial charge on any atom is 0.0850 e. The number of halogens is 4. The normalized spacial score (nSPS) is 12.6. The van der Waals surface area contributed by atoms with Gasteiger partial charge >= 0.3 is 0 Å². The van der Waals surface area contributed by atoms with Crippen LogP contribution in [0.2, 0.25) is 10.0 Å². The van der Waals surface area contributed by atoms with Crippen molar-refractivity contribution >= 4 is 61.5 Å². The predicted octanol–water partition coefficient (Wildman–Crippen LogP) is 7.24. The van der Waals surface area contributed by atoms with Crippen LogP contribution in [0.3, 0.4) is 0 Å². The summed E-state index contributed by atoms with van der Waals surface area (Å²) < 4.78 is 1.06. The summed E-state index contributed by atoms with van der Waals surface area (Å²) in [6.07, 6.45) is 0. The second-order valence-corrected chi connectivity index (χ2v) is 6.98. The van der Waals surface area contributed by atoms with Gasteiger partial charge in [0.05, 0.1) is 5.38 Å². The Labute approximate surface area is 146 Å². The molecule has 3 rings (SSSR count). The Morgan fingerprint density at radius 3 is 2.29 bits per heavy atom. The molecule has 0 aliphatic heterocycles. The van der Waals surface area contributed by atoms with Crippen molar-refractivity contribution in [3.05, 3.63) is 80.2 Å². The van der Waals surface area contributed by atoms with E-state index in [2.05, 4.69) is 40.2 Å². The van der Waals surface area contributed by atoms with Crippen LogP contribution in [0.15, 0.2) is 59.1 Å². The molecule has 0 amide bonds. The van der Waals surface area contributed by atoms with E-state index < -0.39 is 0 Å². The fourth-order valence-electron chi connectivity index (χ4n) is 2.28. The van der Waals surface area contributed by atoms with Crippen LogP contribution in [0.4, 0.5) is 0 Å². The highest BCUT2D eigenvalue weighted by Crippen LogP contribution is 2.36. The Morgan fingerprint density at radius 1 is 0.810 bits per heavy atom. The molecule has 0 heterocycles. The maximum absolute atomic E-state index is 6.58. The van der Waals surface area contributed by atoms with Gasteiger partial charge in [-0.25, -0.2) is 0 Å². The summed E-state index contributed by atoms with van der Waals surface area (Å²) in [4.78, 5) is 0. The molecule has 3 aromatic rings. The second-order valence-electron chi connectivity index (χ2n) is 4.78. The van der Waals surface area contributed by atoms with Gasteiger partial charge in [0.2, 0.25) is 0 Å². The standard InChI is InChI=1S/C17H10BrCl3/c18-13-4-3-10-7-12(2-1-11(10)8-13)17(21)15-6-5-14(19)9-16(15)20/h1-9,17H. The number of rotatable bonds is 2. The Morgan fingerprint density at radius 2 is 1.52 bits per heavy atom. The maximum atomic E-state index is 6.58. The molecule has 0 saturated carbocycles. The Bertz CT molecular complexity index is 814. The molecule has 0 spiro atoms. The lowest BCUT2D eigenvalue weighted by atomic mass is 10.0. The lowest BCUT2D eigenvalue weighted by Crippen LogP contribution is -1.94. The summed E-state index contributed by atoms with van der Waals surface area (Å²) in [5.41, 5.74) is 1.87. The van der Waals surface area contributed by atoms with Crippen molar-refractivity contribution in [1.29, 1.82) is 0 Å². The van der Waals surface area contributed by atoms with E-state index in [1.807, 2.05) is 18.2 Å². The number of alkyl halides is 1. The first kappa shape index (κ1) is 15.2. The van der Waals surface area contributed by atoms with Gasteiger partial charge < -0.3 is 0 Å². The van der Waals surface area contributed by atoms with E-state index in [9.17, 15) is 0 Å². The zero-order valence-corrected chi connectivity index (χ0v) is 14.6.